The molecule has 0 amide bonds. The van der Waals surface area contributed by atoms with Crippen molar-refractivity contribution in [1.82, 2.24) is 19.7 Å². The zero-order chi connectivity index (χ0) is 15.5. The fraction of sp³-hybridized carbons (Fsp3) is 0.400. The first kappa shape index (κ1) is 15.1. The van der Waals surface area contributed by atoms with Crippen LogP contribution in [0.3, 0.4) is 0 Å². The van der Waals surface area contributed by atoms with Crippen LogP contribution in [0.1, 0.15) is 31.7 Å². The molecule has 0 saturated carbocycles. The number of rotatable bonds is 6. The first-order valence-corrected chi connectivity index (χ1v) is 8.16. The van der Waals surface area contributed by atoms with E-state index in [1.54, 1.807) is 11.8 Å². The van der Waals surface area contributed by atoms with E-state index < -0.39 is 0 Å². The molecule has 0 saturated heterocycles. The maximum Gasteiger partial charge on any atom is 0.237 e. The van der Waals surface area contributed by atoms with Crippen molar-refractivity contribution in [3.63, 3.8) is 0 Å². The second kappa shape index (κ2) is 6.50. The van der Waals surface area contributed by atoms with Gasteiger partial charge in [0.15, 0.2) is 11.0 Å². The predicted octanol–water partition coefficient (Wildman–Crippen LogP) is 3.35. The van der Waals surface area contributed by atoms with Crippen molar-refractivity contribution < 1.29 is 9.26 Å². The number of fused-ring (bicyclic) bond motifs is 1. The number of benzene rings is 1. The summed E-state index contributed by atoms with van der Waals surface area (Å²) in [6.45, 7) is 4.48. The highest BCUT2D eigenvalue weighted by molar-refractivity contribution is 7.98. The first-order valence-electron chi connectivity index (χ1n) is 7.17. The minimum atomic E-state index is -0.150. The van der Waals surface area contributed by atoms with Crippen molar-refractivity contribution in [1.29, 1.82) is 0 Å². The summed E-state index contributed by atoms with van der Waals surface area (Å²) >= 11 is 1.58. The Morgan fingerprint density at radius 1 is 1.32 bits per heavy atom. The summed E-state index contributed by atoms with van der Waals surface area (Å²) in [4.78, 5) is 8.98. The van der Waals surface area contributed by atoms with Gasteiger partial charge in [0.05, 0.1) is 16.8 Å². The standard InChI is InChI=1S/C15H18N4O2S/c1-4-20-10(2)14-17-13(21-18-14)9-22-15-16-11-7-5-6-8-12(11)19(15)3/h5-8,10H,4,9H2,1-3H3. The zero-order valence-corrected chi connectivity index (χ0v) is 13.6. The van der Waals surface area contributed by atoms with Gasteiger partial charge >= 0.3 is 0 Å². The molecule has 0 aliphatic rings. The van der Waals surface area contributed by atoms with Crippen LogP contribution in [0.4, 0.5) is 0 Å². The second-order valence-corrected chi connectivity index (χ2v) is 5.82. The molecule has 116 valence electrons. The van der Waals surface area contributed by atoms with Crippen LogP contribution < -0.4 is 0 Å². The number of nitrogens with zero attached hydrogens (tertiary/aromatic N) is 4. The molecule has 1 atom stereocenters. The van der Waals surface area contributed by atoms with E-state index in [1.807, 2.05) is 39.1 Å². The minimum absolute atomic E-state index is 0.150. The van der Waals surface area contributed by atoms with Crippen molar-refractivity contribution in [2.24, 2.45) is 7.05 Å². The van der Waals surface area contributed by atoms with Crippen LogP contribution in [0, 0.1) is 0 Å². The lowest BCUT2D eigenvalue weighted by Gasteiger charge is -2.04. The van der Waals surface area contributed by atoms with Gasteiger partial charge in [-0.05, 0) is 26.0 Å². The van der Waals surface area contributed by atoms with Crippen LogP contribution in [-0.2, 0) is 17.5 Å². The van der Waals surface area contributed by atoms with E-state index >= 15 is 0 Å². The van der Waals surface area contributed by atoms with Gasteiger partial charge in [-0.25, -0.2) is 4.98 Å². The van der Waals surface area contributed by atoms with Gasteiger partial charge in [-0.15, -0.1) is 0 Å². The first-order chi connectivity index (χ1) is 10.7. The number of para-hydroxylation sites is 2. The van der Waals surface area contributed by atoms with E-state index in [-0.39, 0.29) is 6.10 Å². The van der Waals surface area contributed by atoms with Crippen LogP contribution >= 0.6 is 11.8 Å². The third kappa shape index (κ3) is 3.00. The maximum absolute atomic E-state index is 5.45. The molecule has 0 spiro atoms. The lowest BCUT2D eigenvalue weighted by Crippen LogP contribution is -2.01. The van der Waals surface area contributed by atoms with Crippen molar-refractivity contribution in [2.45, 2.75) is 30.9 Å². The lowest BCUT2D eigenvalue weighted by atomic mass is 10.3. The lowest BCUT2D eigenvalue weighted by molar-refractivity contribution is 0.0683. The summed E-state index contributed by atoms with van der Waals surface area (Å²) in [7, 11) is 2.01. The number of imidazole rings is 1. The smallest absolute Gasteiger partial charge is 0.237 e. The number of hydrogen-bond acceptors (Lipinski definition) is 6. The molecule has 3 aromatic rings. The molecule has 3 rings (SSSR count). The average Bonchev–Trinajstić information content (AvgIpc) is 3.11. The summed E-state index contributed by atoms with van der Waals surface area (Å²) in [5.41, 5.74) is 2.10. The van der Waals surface area contributed by atoms with Crippen LogP contribution in [0.15, 0.2) is 33.9 Å². The summed E-state index contributed by atoms with van der Waals surface area (Å²) < 4.78 is 12.8. The van der Waals surface area contributed by atoms with E-state index in [0.29, 0.717) is 24.1 Å². The van der Waals surface area contributed by atoms with Crippen molar-refractivity contribution in [3.8, 4) is 0 Å². The number of aryl methyl sites for hydroxylation is 1. The Bertz CT molecular complexity index is 768. The topological polar surface area (TPSA) is 66.0 Å². The Hall–Kier alpha value is -1.86. The van der Waals surface area contributed by atoms with Crippen LogP contribution in [0.5, 0.6) is 0 Å². The fourth-order valence-electron chi connectivity index (χ4n) is 2.20. The molecule has 0 N–H and O–H groups in total. The van der Waals surface area contributed by atoms with E-state index in [1.165, 1.54) is 0 Å². The third-order valence-electron chi connectivity index (χ3n) is 3.33. The Labute approximate surface area is 132 Å². The molecule has 0 fully saturated rings. The highest BCUT2D eigenvalue weighted by atomic mass is 32.2. The Morgan fingerprint density at radius 3 is 2.91 bits per heavy atom. The molecule has 6 nitrogen and oxygen atoms in total. The van der Waals surface area contributed by atoms with Crippen LogP contribution in [-0.4, -0.2) is 26.3 Å². The second-order valence-electron chi connectivity index (χ2n) is 4.87. The average molecular weight is 318 g/mol. The Balaban J connectivity index is 1.70. The highest BCUT2D eigenvalue weighted by Crippen LogP contribution is 2.25. The van der Waals surface area contributed by atoms with Crippen molar-refractivity contribution in [3.05, 3.63) is 36.0 Å². The van der Waals surface area contributed by atoms with Gasteiger partial charge in [-0.1, -0.05) is 29.1 Å². The van der Waals surface area contributed by atoms with Crippen LogP contribution in [0.25, 0.3) is 11.0 Å². The van der Waals surface area contributed by atoms with Gasteiger partial charge in [0.25, 0.3) is 0 Å². The molecule has 2 aromatic heterocycles. The molecule has 0 aliphatic carbocycles. The maximum atomic E-state index is 5.45. The monoisotopic (exact) mass is 318 g/mol. The molecule has 7 heteroatoms. The number of hydrogen-bond donors (Lipinski definition) is 0. The molecular formula is C15H18N4O2S. The number of ether oxygens (including phenoxy) is 1. The summed E-state index contributed by atoms with van der Waals surface area (Å²) in [6, 6.07) is 8.07. The summed E-state index contributed by atoms with van der Waals surface area (Å²) in [6.07, 6.45) is -0.150. The molecule has 0 aliphatic heterocycles. The molecule has 0 radical (unpaired) electrons. The predicted molar refractivity (Wildman–Crippen MR) is 84.6 cm³/mol. The molecular weight excluding hydrogens is 300 g/mol. The van der Waals surface area contributed by atoms with E-state index in [2.05, 4.69) is 25.8 Å². The highest BCUT2D eigenvalue weighted by Gasteiger charge is 2.15. The van der Waals surface area contributed by atoms with Gasteiger partial charge in [0, 0.05) is 13.7 Å². The van der Waals surface area contributed by atoms with E-state index in [4.69, 9.17) is 9.26 Å². The SMILES string of the molecule is CCOC(C)c1noc(CSc2nc3ccccc3n2C)n1. The Morgan fingerprint density at radius 2 is 2.14 bits per heavy atom. The normalized spacial score (nSPS) is 12.9. The Kier molecular flexibility index (Phi) is 4.44. The molecule has 1 aromatic carbocycles. The zero-order valence-electron chi connectivity index (χ0n) is 12.8. The van der Waals surface area contributed by atoms with Crippen molar-refractivity contribution in [2.75, 3.05) is 6.61 Å². The van der Waals surface area contributed by atoms with Gasteiger partial charge in [0.1, 0.15) is 6.10 Å². The van der Waals surface area contributed by atoms with Gasteiger partial charge in [-0.2, -0.15) is 4.98 Å². The number of thioether (sulfide) groups is 1. The van der Waals surface area contributed by atoms with Gasteiger partial charge in [0.2, 0.25) is 5.89 Å². The molecule has 22 heavy (non-hydrogen) atoms. The third-order valence-corrected chi connectivity index (χ3v) is 4.35. The minimum Gasteiger partial charge on any atom is -0.371 e. The van der Waals surface area contributed by atoms with Gasteiger partial charge in [-0.3, -0.25) is 0 Å². The van der Waals surface area contributed by atoms with Gasteiger partial charge < -0.3 is 13.8 Å². The van der Waals surface area contributed by atoms with Crippen LogP contribution in [0.2, 0.25) is 0 Å². The molecule has 2 heterocycles. The fourth-order valence-corrected chi connectivity index (χ4v) is 3.02. The van der Waals surface area contributed by atoms with Crippen molar-refractivity contribution >= 4 is 22.8 Å². The van der Waals surface area contributed by atoms with E-state index in [9.17, 15) is 0 Å². The molecule has 0 bridgehead atoms. The summed E-state index contributed by atoms with van der Waals surface area (Å²) in [5, 5.41) is 4.89. The summed E-state index contributed by atoms with van der Waals surface area (Å²) in [5.74, 6) is 1.75. The molecule has 1 unspecified atom stereocenters. The largest absolute Gasteiger partial charge is 0.371 e. The number of aromatic nitrogens is 4. The quantitative estimate of drug-likeness (QED) is 0.649. The van der Waals surface area contributed by atoms with E-state index in [0.717, 1.165) is 16.2 Å².